The Morgan fingerprint density at radius 1 is 1.21 bits per heavy atom. The molecule has 0 unspecified atom stereocenters. The minimum atomic E-state index is -0.691. The van der Waals surface area contributed by atoms with Gasteiger partial charge in [0, 0.05) is 10.6 Å². The maximum Gasteiger partial charge on any atom is 0.374 e. The molecule has 0 saturated heterocycles. The van der Waals surface area contributed by atoms with Gasteiger partial charge < -0.3 is 4.74 Å². The monoisotopic (exact) mass is 413 g/mol. The van der Waals surface area contributed by atoms with Crippen LogP contribution < -0.4 is 15.6 Å². The van der Waals surface area contributed by atoms with Gasteiger partial charge in [-0.05, 0) is 42.3 Å². The third-order valence-corrected chi connectivity index (χ3v) is 4.13. The van der Waals surface area contributed by atoms with Crippen molar-refractivity contribution in [1.29, 1.82) is 0 Å². The molecule has 1 heterocycles. The Hall–Kier alpha value is -3.72. The molecule has 0 saturated carbocycles. The van der Waals surface area contributed by atoms with Crippen molar-refractivity contribution in [2.45, 2.75) is 13.3 Å². The standard InChI is InChI=1S/C19H16ClN5O4/c1-2-12-6-8-15(9-7-12)29-19-16(25(27)28)17(21-11-22-19)23-24-18(26)13-4-3-5-14(20)10-13/h3-11H,2H2,1H3,(H,24,26)(H,21,22,23). The molecule has 10 heteroatoms. The van der Waals surface area contributed by atoms with Gasteiger partial charge in [0.05, 0.1) is 4.92 Å². The van der Waals surface area contributed by atoms with Gasteiger partial charge in [0.2, 0.25) is 5.82 Å². The number of ether oxygens (including phenoxy) is 1. The second-order valence-corrected chi connectivity index (χ2v) is 6.26. The van der Waals surface area contributed by atoms with Crippen molar-refractivity contribution in [1.82, 2.24) is 15.4 Å². The molecule has 0 atom stereocenters. The van der Waals surface area contributed by atoms with E-state index in [4.69, 9.17) is 16.3 Å². The SMILES string of the molecule is CCc1ccc(Oc2ncnc(NNC(=O)c3cccc(Cl)c3)c2[N+](=O)[O-])cc1. The van der Waals surface area contributed by atoms with E-state index in [1.807, 2.05) is 19.1 Å². The highest BCUT2D eigenvalue weighted by molar-refractivity contribution is 6.30. The average molecular weight is 414 g/mol. The number of halogens is 1. The summed E-state index contributed by atoms with van der Waals surface area (Å²) < 4.78 is 5.56. The number of aryl methyl sites for hydroxylation is 1. The van der Waals surface area contributed by atoms with Crippen LogP contribution in [0.5, 0.6) is 11.6 Å². The summed E-state index contributed by atoms with van der Waals surface area (Å²) in [5, 5.41) is 12.0. The van der Waals surface area contributed by atoms with E-state index in [9.17, 15) is 14.9 Å². The first-order valence-electron chi connectivity index (χ1n) is 8.56. The van der Waals surface area contributed by atoms with Gasteiger partial charge in [-0.25, -0.2) is 4.98 Å². The van der Waals surface area contributed by atoms with Crippen LogP contribution in [-0.2, 0) is 6.42 Å². The van der Waals surface area contributed by atoms with Crippen LogP contribution in [0.4, 0.5) is 11.5 Å². The molecule has 0 bridgehead atoms. The molecule has 148 valence electrons. The average Bonchev–Trinajstić information content (AvgIpc) is 2.72. The lowest BCUT2D eigenvalue weighted by atomic mass is 10.2. The lowest BCUT2D eigenvalue weighted by molar-refractivity contribution is -0.385. The van der Waals surface area contributed by atoms with Crippen molar-refractivity contribution < 1.29 is 14.5 Å². The largest absolute Gasteiger partial charge is 0.434 e. The summed E-state index contributed by atoms with van der Waals surface area (Å²) in [6.45, 7) is 2.01. The van der Waals surface area contributed by atoms with E-state index in [1.165, 1.54) is 6.07 Å². The third-order valence-electron chi connectivity index (χ3n) is 3.90. The number of carbonyl (C=O) groups is 1. The number of rotatable bonds is 7. The van der Waals surface area contributed by atoms with Gasteiger partial charge >= 0.3 is 11.6 Å². The molecule has 0 aliphatic heterocycles. The molecule has 0 radical (unpaired) electrons. The fourth-order valence-electron chi connectivity index (χ4n) is 2.42. The van der Waals surface area contributed by atoms with Crippen molar-refractivity contribution in [3.05, 3.63) is 81.1 Å². The summed E-state index contributed by atoms with van der Waals surface area (Å²) in [5.41, 5.74) is 5.64. The zero-order valence-electron chi connectivity index (χ0n) is 15.3. The van der Waals surface area contributed by atoms with Gasteiger partial charge in [-0.15, -0.1) is 0 Å². The van der Waals surface area contributed by atoms with E-state index in [0.717, 1.165) is 18.3 Å². The molecule has 1 amide bonds. The van der Waals surface area contributed by atoms with Crippen molar-refractivity contribution in [2.24, 2.45) is 0 Å². The van der Waals surface area contributed by atoms with Crippen LogP contribution in [0.25, 0.3) is 0 Å². The highest BCUT2D eigenvalue weighted by Gasteiger charge is 2.25. The lowest BCUT2D eigenvalue weighted by Gasteiger charge is -2.10. The maximum atomic E-state index is 12.2. The second-order valence-electron chi connectivity index (χ2n) is 5.82. The van der Waals surface area contributed by atoms with Gasteiger partial charge in [0.25, 0.3) is 5.91 Å². The number of nitrogens with one attached hydrogen (secondary N) is 2. The maximum absolute atomic E-state index is 12.2. The number of hydrogen-bond donors (Lipinski definition) is 2. The normalized spacial score (nSPS) is 10.3. The Kier molecular flexibility index (Phi) is 6.20. The molecule has 0 fully saturated rings. The molecule has 9 nitrogen and oxygen atoms in total. The van der Waals surface area contributed by atoms with Crippen LogP contribution in [-0.4, -0.2) is 20.8 Å². The van der Waals surface area contributed by atoms with Gasteiger partial charge in [-0.1, -0.05) is 36.7 Å². The first-order valence-corrected chi connectivity index (χ1v) is 8.94. The highest BCUT2D eigenvalue weighted by Crippen LogP contribution is 2.33. The molecule has 2 aromatic carbocycles. The van der Waals surface area contributed by atoms with Gasteiger partial charge in [0.1, 0.15) is 12.1 Å². The smallest absolute Gasteiger partial charge is 0.374 e. The van der Waals surface area contributed by atoms with Crippen molar-refractivity contribution >= 4 is 29.0 Å². The van der Waals surface area contributed by atoms with Crippen molar-refractivity contribution in [2.75, 3.05) is 5.43 Å². The van der Waals surface area contributed by atoms with Gasteiger partial charge in [-0.2, -0.15) is 4.98 Å². The topological polar surface area (TPSA) is 119 Å². The van der Waals surface area contributed by atoms with Crippen LogP contribution in [0.15, 0.2) is 54.9 Å². The van der Waals surface area contributed by atoms with E-state index >= 15 is 0 Å². The summed E-state index contributed by atoms with van der Waals surface area (Å²) in [7, 11) is 0. The molecule has 3 aromatic rings. The number of nitro groups is 1. The Morgan fingerprint density at radius 3 is 2.62 bits per heavy atom. The number of anilines is 1. The molecule has 29 heavy (non-hydrogen) atoms. The highest BCUT2D eigenvalue weighted by atomic mass is 35.5. The van der Waals surface area contributed by atoms with E-state index in [0.29, 0.717) is 10.8 Å². The zero-order chi connectivity index (χ0) is 20.8. The number of carbonyl (C=O) groups excluding carboxylic acids is 1. The Morgan fingerprint density at radius 2 is 1.97 bits per heavy atom. The summed E-state index contributed by atoms with van der Waals surface area (Å²) in [6, 6.07) is 13.3. The molecule has 0 spiro atoms. The zero-order valence-corrected chi connectivity index (χ0v) is 16.0. The summed E-state index contributed by atoms with van der Waals surface area (Å²) in [5.74, 6) is -0.634. The first-order chi connectivity index (χ1) is 14.0. The van der Waals surface area contributed by atoms with E-state index in [1.54, 1.807) is 30.3 Å². The minimum absolute atomic E-state index is 0.222. The van der Waals surface area contributed by atoms with Crippen LogP contribution >= 0.6 is 11.6 Å². The Bertz CT molecular complexity index is 1040. The molecule has 2 N–H and O–H groups in total. The quantitative estimate of drug-likeness (QED) is 0.441. The fraction of sp³-hybridized carbons (Fsp3) is 0.105. The Balaban J connectivity index is 1.80. The Labute approximate surface area is 170 Å². The fourth-order valence-corrected chi connectivity index (χ4v) is 2.61. The molecular weight excluding hydrogens is 398 g/mol. The second kappa shape index (κ2) is 8.98. The minimum Gasteiger partial charge on any atom is -0.434 e. The van der Waals surface area contributed by atoms with Crippen LogP contribution in [0.3, 0.4) is 0 Å². The molecule has 0 aliphatic rings. The number of nitrogens with zero attached hydrogens (tertiary/aromatic N) is 3. The number of amides is 1. The van der Waals surface area contributed by atoms with E-state index in [-0.39, 0.29) is 17.3 Å². The number of aromatic nitrogens is 2. The number of hydrogen-bond acceptors (Lipinski definition) is 7. The van der Waals surface area contributed by atoms with Gasteiger partial charge in [0.15, 0.2) is 0 Å². The van der Waals surface area contributed by atoms with E-state index < -0.39 is 16.5 Å². The first kappa shape index (κ1) is 20.0. The van der Waals surface area contributed by atoms with Crippen LogP contribution in [0, 0.1) is 10.1 Å². The molecule has 1 aromatic heterocycles. The summed E-state index contributed by atoms with van der Waals surface area (Å²) in [6.07, 6.45) is 1.95. The number of hydrazine groups is 1. The van der Waals surface area contributed by atoms with Crippen LogP contribution in [0.1, 0.15) is 22.8 Å². The van der Waals surface area contributed by atoms with Gasteiger partial charge in [-0.3, -0.25) is 25.8 Å². The molecule has 0 aliphatic carbocycles. The van der Waals surface area contributed by atoms with Crippen molar-refractivity contribution in [3.63, 3.8) is 0 Å². The van der Waals surface area contributed by atoms with Crippen LogP contribution in [0.2, 0.25) is 5.02 Å². The molecular formula is C19H16ClN5O4. The lowest BCUT2D eigenvalue weighted by Crippen LogP contribution is -2.30. The van der Waals surface area contributed by atoms with E-state index in [2.05, 4.69) is 20.8 Å². The summed E-state index contributed by atoms with van der Waals surface area (Å²) >= 11 is 5.86. The third kappa shape index (κ3) is 4.96. The predicted octanol–water partition coefficient (Wildman–Crippen LogP) is 4.15. The summed E-state index contributed by atoms with van der Waals surface area (Å²) in [4.78, 5) is 30.8. The van der Waals surface area contributed by atoms with Crippen molar-refractivity contribution in [3.8, 4) is 11.6 Å². The predicted molar refractivity (Wildman–Crippen MR) is 107 cm³/mol. The molecule has 3 rings (SSSR count). The number of benzene rings is 2.